The molecule has 0 spiro atoms. The van der Waals surface area contributed by atoms with Crippen LogP contribution in [-0.2, 0) is 6.42 Å². The zero-order valence-corrected chi connectivity index (χ0v) is 11.6. The van der Waals surface area contributed by atoms with Gasteiger partial charge in [0, 0.05) is 6.42 Å². The van der Waals surface area contributed by atoms with Gasteiger partial charge in [0.25, 0.3) is 0 Å². The molecule has 0 aliphatic heterocycles. The molecule has 3 heterocycles. The molecule has 0 saturated carbocycles. The van der Waals surface area contributed by atoms with Crippen molar-refractivity contribution in [1.29, 1.82) is 0 Å². The molecule has 9 heteroatoms. The highest BCUT2D eigenvalue weighted by molar-refractivity contribution is 8.01. The summed E-state index contributed by atoms with van der Waals surface area (Å²) in [5.74, 6) is 0.837. The van der Waals surface area contributed by atoms with E-state index < -0.39 is 0 Å². The number of aromatic nitrogens is 6. The zero-order valence-electron chi connectivity index (χ0n) is 9.21. The van der Waals surface area contributed by atoms with Crippen molar-refractivity contribution in [2.75, 3.05) is 0 Å². The third-order valence-electron chi connectivity index (χ3n) is 2.17. The highest BCUT2D eigenvalue weighted by Crippen LogP contribution is 2.31. The Morgan fingerprint density at radius 3 is 3.06 bits per heavy atom. The molecule has 92 valence electrons. The minimum absolute atomic E-state index is 0.178. The van der Waals surface area contributed by atoms with Crippen LogP contribution in [0.4, 0.5) is 0 Å². The van der Waals surface area contributed by atoms with Crippen LogP contribution in [0.2, 0.25) is 5.28 Å². The fraction of sp³-hybridized carbons (Fsp3) is 0.222. The molecule has 0 radical (unpaired) electrons. The molecule has 3 rings (SSSR count). The van der Waals surface area contributed by atoms with Crippen LogP contribution in [-0.4, -0.2) is 29.3 Å². The average Bonchev–Trinajstić information content (AvgIpc) is 2.97. The number of fused-ring (bicyclic) bond motifs is 1. The Bertz CT molecular complexity index is 693. The first-order chi connectivity index (χ1) is 8.76. The molecule has 0 fully saturated rings. The van der Waals surface area contributed by atoms with E-state index in [-0.39, 0.29) is 5.28 Å². The van der Waals surface area contributed by atoms with E-state index in [0.717, 1.165) is 22.1 Å². The summed E-state index contributed by atoms with van der Waals surface area (Å²) in [4.78, 5) is 19.7. The first-order valence-electron chi connectivity index (χ1n) is 5.13. The number of nitrogens with zero attached hydrogens (tertiary/aromatic N) is 5. The van der Waals surface area contributed by atoms with E-state index in [1.54, 1.807) is 6.33 Å². The smallest absolute Gasteiger partial charge is 0.225 e. The van der Waals surface area contributed by atoms with Gasteiger partial charge in [-0.25, -0.2) is 15.0 Å². The second-order valence-electron chi connectivity index (χ2n) is 3.33. The molecule has 0 bridgehead atoms. The third kappa shape index (κ3) is 2.18. The molecule has 0 aromatic carbocycles. The standard InChI is InChI=1S/C9H7ClN6S2/c1-2-4-13-9(18-16-4)17-7-5-6(12-3-11-5)14-8(10)15-7/h3H,2H2,1H3,(H,11,12,14,15). The predicted molar refractivity (Wildman–Crippen MR) is 70.1 cm³/mol. The fourth-order valence-electron chi connectivity index (χ4n) is 1.36. The Morgan fingerprint density at radius 1 is 1.39 bits per heavy atom. The van der Waals surface area contributed by atoms with Crippen LogP contribution in [0.3, 0.4) is 0 Å². The molecule has 0 atom stereocenters. The van der Waals surface area contributed by atoms with E-state index in [2.05, 4.69) is 29.3 Å². The Hall–Kier alpha value is -1.25. The van der Waals surface area contributed by atoms with E-state index in [9.17, 15) is 0 Å². The van der Waals surface area contributed by atoms with Crippen LogP contribution in [0.1, 0.15) is 12.7 Å². The number of hydrogen-bond donors (Lipinski definition) is 1. The number of hydrogen-bond acceptors (Lipinski definition) is 7. The number of halogens is 1. The minimum atomic E-state index is 0.178. The van der Waals surface area contributed by atoms with Crippen molar-refractivity contribution in [3.05, 3.63) is 17.4 Å². The zero-order chi connectivity index (χ0) is 12.5. The van der Waals surface area contributed by atoms with Gasteiger partial charge < -0.3 is 4.98 Å². The maximum atomic E-state index is 5.86. The van der Waals surface area contributed by atoms with Crippen molar-refractivity contribution in [2.24, 2.45) is 0 Å². The lowest BCUT2D eigenvalue weighted by atomic mass is 10.5. The minimum Gasteiger partial charge on any atom is -0.341 e. The number of H-pyrrole nitrogens is 1. The molecule has 3 aromatic rings. The highest BCUT2D eigenvalue weighted by Gasteiger charge is 2.13. The quantitative estimate of drug-likeness (QED) is 0.591. The number of nitrogens with one attached hydrogen (secondary N) is 1. The summed E-state index contributed by atoms with van der Waals surface area (Å²) in [5.41, 5.74) is 1.32. The SMILES string of the molecule is CCc1nsc(Sc2nc(Cl)nc3nc[nH]c23)n1. The maximum absolute atomic E-state index is 5.86. The Balaban J connectivity index is 2.00. The summed E-state index contributed by atoms with van der Waals surface area (Å²) in [6, 6.07) is 0. The molecule has 0 unspecified atom stereocenters. The summed E-state index contributed by atoms with van der Waals surface area (Å²) >= 11 is 8.62. The summed E-state index contributed by atoms with van der Waals surface area (Å²) in [6.45, 7) is 2.02. The Labute approximate surface area is 115 Å². The summed E-state index contributed by atoms with van der Waals surface area (Å²) in [7, 11) is 0. The van der Waals surface area contributed by atoms with Crippen LogP contribution < -0.4 is 0 Å². The van der Waals surface area contributed by atoms with E-state index in [0.29, 0.717) is 10.7 Å². The van der Waals surface area contributed by atoms with Crippen LogP contribution >= 0.6 is 34.9 Å². The number of rotatable bonds is 3. The van der Waals surface area contributed by atoms with Crippen LogP contribution in [0.25, 0.3) is 11.2 Å². The molecule has 0 amide bonds. The normalized spacial score (nSPS) is 11.2. The second-order valence-corrected chi connectivity index (χ2v) is 5.66. The van der Waals surface area contributed by atoms with Gasteiger partial charge >= 0.3 is 0 Å². The first-order valence-corrected chi connectivity index (χ1v) is 7.10. The summed E-state index contributed by atoms with van der Waals surface area (Å²) in [5, 5.41) is 0.888. The largest absolute Gasteiger partial charge is 0.341 e. The number of aryl methyl sites for hydroxylation is 1. The van der Waals surface area contributed by atoms with Gasteiger partial charge in [-0.1, -0.05) is 6.92 Å². The van der Waals surface area contributed by atoms with Crippen molar-refractivity contribution in [2.45, 2.75) is 22.7 Å². The van der Waals surface area contributed by atoms with Crippen molar-refractivity contribution < 1.29 is 0 Å². The number of imidazole rings is 1. The molecular formula is C9H7ClN6S2. The molecule has 0 aliphatic carbocycles. The van der Waals surface area contributed by atoms with Gasteiger partial charge in [0.15, 0.2) is 9.99 Å². The molecule has 0 aliphatic rings. The van der Waals surface area contributed by atoms with Crippen LogP contribution in [0.5, 0.6) is 0 Å². The topological polar surface area (TPSA) is 80.2 Å². The van der Waals surface area contributed by atoms with Gasteiger partial charge in [-0.3, -0.25) is 0 Å². The molecule has 0 saturated heterocycles. The number of aromatic amines is 1. The van der Waals surface area contributed by atoms with Crippen molar-refractivity contribution in [3.8, 4) is 0 Å². The second kappa shape index (κ2) is 4.79. The first kappa shape index (κ1) is 11.8. The maximum Gasteiger partial charge on any atom is 0.225 e. The Kier molecular flexibility index (Phi) is 3.14. The molecule has 6 nitrogen and oxygen atoms in total. The van der Waals surface area contributed by atoms with Crippen molar-refractivity contribution in [3.63, 3.8) is 0 Å². The van der Waals surface area contributed by atoms with Crippen molar-refractivity contribution in [1.82, 2.24) is 29.3 Å². The van der Waals surface area contributed by atoms with Gasteiger partial charge in [0.05, 0.1) is 6.33 Å². The van der Waals surface area contributed by atoms with Gasteiger partial charge in [0.2, 0.25) is 5.28 Å². The predicted octanol–water partition coefficient (Wildman–Crippen LogP) is 2.57. The van der Waals surface area contributed by atoms with Gasteiger partial charge in [0.1, 0.15) is 16.4 Å². The lowest BCUT2D eigenvalue weighted by Crippen LogP contribution is -1.89. The van der Waals surface area contributed by atoms with E-state index in [1.807, 2.05) is 6.92 Å². The summed E-state index contributed by atoms with van der Waals surface area (Å²) in [6.07, 6.45) is 2.39. The molecule has 1 N–H and O–H groups in total. The molecule has 18 heavy (non-hydrogen) atoms. The van der Waals surface area contributed by atoms with Gasteiger partial charge in [-0.2, -0.15) is 9.36 Å². The Morgan fingerprint density at radius 2 is 2.28 bits per heavy atom. The summed E-state index contributed by atoms with van der Waals surface area (Å²) < 4.78 is 5.06. The van der Waals surface area contributed by atoms with E-state index in [4.69, 9.17) is 11.6 Å². The van der Waals surface area contributed by atoms with E-state index in [1.165, 1.54) is 23.3 Å². The average molecular weight is 299 g/mol. The molecule has 3 aromatic heterocycles. The fourth-order valence-corrected chi connectivity index (χ4v) is 3.27. The van der Waals surface area contributed by atoms with Crippen molar-refractivity contribution >= 4 is 46.1 Å². The van der Waals surface area contributed by atoms with Gasteiger partial charge in [-0.05, 0) is 34.9 Å². The van der Waals surface area contributed by atoms with Crippen LogP contribution in [0, 0.1) is 0 Å². The third-order valence-corrected chi connectivity index (χ3v) is 4.12. The van der Waals surface area contributed by atoms with E-state index >= 15 is 0 Å². The van der Waals surface area contributed by atoms with Gasteiger partial charge in [-0.15, -0.1) is 0 Å². The monoisotopic (exact) mass is 298 g/mol. The van der Waals surface area contributed by atoms with Crippen LogP contribution in [0.15, 0.2) is 15.7 Å². The molecular weight excluding hydrogens is 292 g/mol. The highest BCUT2D eigenvalue weighted by atomic mass is 35.5. The lowest BCUT2D eigenvalue weighted by Gasteiger charge is -1.98. The lowest BCUT2D eigenvalue weighted by molar-refractivity contribution is 0.970.